The van der Waals surface area contributed by atoms with Gasteiger partial charge in [0.25, 0.3) is 5.91 Å². The van der Waals surface area contributed by atoms with Crippen LogP contribution in [0.25, 0.3) is 0 Å². The molecule has 1 atom stereocenters. The number of benzene rings is 1. The monoisotopic (exact) mass is 337 g/mol. The molecule has 1 amide bonds. The largest absolute Gasteiger partial charge is 0.353 e. The van der Waals surface area contributed by atoms with Gasteiger partial charge in [-0.05, 0) is 25.5 Å². The highest BCUT2D eigenvalue weighted by Crippen LogP contribution is 2.20. The highest BCUT2D eigenvalue weighted by molar-refractivity contribution is 6.03. The van der Waals surface area contributed by atoms with Gasteiger partial charge in [0.15, 0.2) is 0 Å². The molecule has 0 aliphatic carbocycles. The number of aryl methyl sites for hydroxylation is 1. The molecule has 3 aliphatic rings. The Morgan fingerprint density at radius 2 is 1.92 bits per heavy atom. The van der Waals surface area contributed by atoms with Gasteiger partial charge in [0.05, 0.1) is 18.9 Å². The van der Waals surface area contributed by atoms with Crippen LogP contribution in [0.15, 0.2) is 46.1 Å². The van der Waals surface area contributed by atoms with Gasteiger partial charge in [0.2, 0.25) is 0 Å². The Bertz CT molecular complexity index is 774. The third kappa shape index (κ3) is 2.92. The van der Waals surface area contributed by atoms with E-state index in [-0.39, 0.29) is 5.91 Å². The average molecular weight is 337 g/mol. The Balaban J connectivity index is 1.41. The Kier molecular flexibility index (Phi) is 4.03. The smallest absolute Gasteiger partial charge is 0.254 e. The summed E-state index contributed by atoms with van der Waals surface area (Å²) in [5.74, 6) is 2.07. The molecule has 6 heteroatoms. The number of carbonyl (C=O) groups is 1. The van der Waals surface area contributed by atoms with Crippen molar-refractivity contribution < 1.29 is 4.79 Å². The third-order valence-corrected chi connectivity index (χ3v) is 5.10. The predicted octanol–water partition coefficient (Wildman–Crippen LogP) is 1.74. The van der Waals surface area contributed by atoms with Gasteiger partial charge in [-0.1, -0.05) is 18.2 Å². The number of piperazine rings is 1. The van der Waals surface area contributed by atoms with E-state index in [1.54, 1.807) is 0 Å². The van der Waals surface area contributed by atoms with Crippen molar-refractivity contribution in [3.05, 3.63) is 47.3 Å². The Labute approximate surface area is 148 Å². The van der Waals surface area contributed by atoms with Crippen molar-refractivity contribution in [2.75, 3.05) is 32.7 Å². The van der Waals surface area contributed by atoms with E-state index in [2.05, 4.69) is 32.8 Å². The molecule has 0 N–H and O–H groups in total. The number of fused-ring (bicyclic) bond motifs is 1. The van der Waals surface area contributed by atoms with Crippen molar-refractivity contribution in [3.63, 3.8) is 0 Å². The van der Waals surface area contributed by atoms with Crippen LogP contribution in [0.3, 0.4) is 0 Å². The van der Waals surface area contributed by atoms with E-state index in [4.69, 9.17) is 0 Å². The molecule has 0 unspecified atom stereocenters. The first kappa shape index (κ1) is 15.9. The molecule has 0 saturated carbocycles. The molecule has 0 bridgehead atoms. The average Bonchev–Trinajstić information content (AvgIpc) is 3.02. The zero-order valence-electron chi connectivity index (χ0n) is 14.7. The van der Waals surface area contributed by atoms with Crippen molar-refractivity contribution in [2.45, 2.75) is 19.9 Å². The van der Waals surface area contributed by atoms with Gasteiger partial charge in [-0.2, -0.15) is 0 Å². The third-order valence-electron chi connectivity index (χ3n) is 5.10. The van der Waals surface area contributed by atoms with Gasteiger partial charge >= 0.3 is 0 Å². The maximum Gasteiger partial charge on any atom is 0.254 e. The van der Waals surface area contributed by atoms with Crippen LogP contribution in [-0.4, -0.2) is 71.5 Å². The van der Waals surface area contributed by atoms with E-state index < -0.39 is 0 Å². The van der Waals surface area contributed by atoms with E-state index >= 15 is 0 Å². The number of amides is 1. The van der Waals surface area contributed by atoms with E-state index in [0.29, 0.717) is 19.1 Å². The standard InChI is InChI=1S/C19H23N5O/c1-14-5-3-4-6-16(14)19(25)23-9-7-22(8-10-23)17-11-18-20-12-15(2)24(18)13-21-17/h3-6,11,13,15H,7-10,12H2,1-2H3/t15-/m0/s1. The molecule has 1 aromatic carbocycles. The number of hydrogen-bond donors (Lipinski definition) is 0. The first-order valence-corrected chi connectivity index (χ1v) is 8.82. The number of amidine groups is 1. The molecule has 25 heavy (non-hydrogen) atoms. The van der Waals surface area contributed by atoms with Gasteiger partial charge in [0.1, 0.15) is 11.7 Å². The first-order valence-electron chi connectivity index (χ1n) is 8.82. The fraction of sp³-hybridized carbons (Fsp3) is 0.421. The summed E-state index contributed by atoms with van der Waals surface area (Å²) in [6.45, 7) is 7.98. The maximum absolute atomic E-state index is 12.7. The molecule has 130 valence electrons. The minimum absolute atomic E-state index is 0.124. The fourth-order valence-corrected chi connectivity index (χ4v) is 3.48. The summed E-state index contributed by atoms with van der Waals surface area (Å²) in [5.41, 5.74) is 1.83. The van der Waals surface area contributed by atoms with Crippen LogP contribution in [0.5, 0.6) is 0 Å². The number of rotatable bonds is 2. The summed E-state index contributed by atoms with van der Waals surface area (Å²) in [4.78, 5) is 28.2. The molecule has 1 aromatic rings. The van der Waals surface area contributed by atoms with Crippen LogP contribution in [0, 0.1) is 6.92 Å². The van der Waals surface area contributed by atoms with Gasteiger partial charge in [-0.15, -0.1) is 0 Å². The minimum Gasteiger partial charge on any atom is -0.353 e. The van der Waals surface area contributed by atoms with Crippen LogP contribution in [-0.2, 0) is 0 Å². The first-order chi connectivity index (χ1) is 12.1. The summed E-state index contributed by atoms with van der Waals surface area (Å²) in [7, 11) is 0. The zero-order chi connectivity index (χ0) is 17.4. The predicted molar refractivity (Wildman–Crippen MR) is 98.8 cm³/mol. The highest BCUT2D eigenvalue weighted by atomic mass is 16.2. The van der Waals surface area contributed by atoms with Gasteiger partial charge < -0.3 is 14.7 Å². The second-order valence-corrected chi connectivity index (χ2v) is 6.80. The Morgan fingerprint density at radius 1 is 1.16 bits per heavy atom. The SMILES string of the molecule is Cc1ccccc1C(=O)N1CCN(C2=CC3=NC[C@H](C)N3C=N2)CC1. The maximum atomic E-state index is 12.7. The molecular weight excluding hydrogens is 314 g/mol. The number of carbonyl (C=O) groups excluding carboxylic acids is 1. The van der Waals surface area contributed by atoms with Crippen LogP contribution in [0.1, 0.15) is 22.8 Å². The summed E-state index contributed by atoms with van der Waals surface area (Å²) in [5, 5.41) is 0. The van der Waals surface area contributed by atoms with E-state index in [0.717, 1.165) is 42.4 Å². The van der Waals surface area contributed by atoms with E-state index in [1.807, 2.05) is 42.4 Å². The van der Waals surface area contributed by atoms with Crippen molar-refractivity contribution in [1.29, 1.82) is 0 Å². The molecule has 6 nitrogen and oxygen atoms in total. The fourth-order valence-electron chi connectivity index (χ4n) is 3.48. The van der Waals surface area contributed by atoms with Gasteiger partial charge in [-0.25, -0.2) is 4.99 Å². The number of aliphatic imine (C=N–C) groups is 2. The van der Waals surface area contributed by atoms with E-state index in [9.17, 15) is 4.79 Å². The molecule has 3 aliphatic heterocycles. The second kappa shape index (κ2) is 6.35. The highest BCUT2D eigenvalue weighted by Gasteiger charge is 2.28. The van der Waals surface area contributed by atoms with Crippen LogP contribution in [0.2, 0.25) is 0 Å². The van der Waals surface area contributed by atoms with Crippen LogP contribution >= 0.6 is 0 Å². The van der Waals surface area contributed by atoms with Gasteiger partial charge in [-0.3, -0.25) is 9.79 Å². The normalized spacial score (nSPS) is 22.6. The lowest BCUT2D eigenvalue weighted by molar-refractivity contribution is 0.0667. The lowest BCUT2D eigenvalue weighted by Crippen LogP contribution is -2.49. The van der Waals surface area contributed by atoms with Crippen LogP contribution in [0.4, 0.5) is 0 Å². The zero-order valence-corrected chi connectivity index (χ0v) is 14.7. The van der Waals surface area contributed by atoms with Crippen LogP contribution < -0.4 is 0 Å². The molecular formula is C19H23N5O. The van der Waals surface area contributed by atoms with Crippen molar-refractivity contribution in [3.8, 4) is 0 Å². The number of nitrogens with zero attached hydrogens (tertiary/aromatic N) is 5. The molecule has 1 saturated heterocycles. The summed E-state index contributed by atoms with van der Waals surface area (Å²) >= 11 is 0. The van der Waals surface area contributed by atoms with Crippen molar-refractivity contribution >= 4 is 18.1 Å². The summed E-state index contributed by atoms with van der Waals surface area (Å²) < 4.78 is 0. The van der Waals surface area contributed by atoms with E-state index in [1.165, 1.54) is 0 Å². The lowest BCUT2D eigenvalue weighted by Gasteiger charge is -2.37. The molecule has 1 fully saturated rings. The quantitative estimate of drug-likeness (QED) is 0.826. The van der Waals surface area contributed by atoms with Gasteiger partial charge in [0, 0.05) is 37.8 Å². The molecule has 0 aromatic heterocycles. The van der Waals surface area contributed by atoms with Crippen molar-refractivity contribution in [1.82, 2.24) is 14.7 Å². The molecule has 4 rings (SSSR count). The minimum atomic E-state index is 0.124. The Morgan fingerprint density at radius 3 is 2.68 bits per heavy atom. The Hall–Kier alpha value is -2.63. The lowest BCUT2D eigenvalue weighted by atomic mass is 10.1. The summed E-state index contributed by atoms with van der Waals surface area (Å²) in [6, 6.07) is 8.17. The number of hydrogen-bond acceptors (Lipinski definition) is 5. The van der Waals surface area contributed by atoms with Crippen molar-refractivity contribution in [2.24, 2.45) is 9.98 Å². The molecule has 0 spiro atoms. The summed E-state index contributed by atoms with van der Waals surface area (Å²) in [6.07, 6.45) is 3.94. The molecule has 0 radical (unpaired) electrons. The molecule has 3 heterocycles. The second-order valence-electron chi connectivity index (χ2n) is 6.80. The topological polar surface area (TPSA) is 51.5 Å².